The fraction of sp³-hybridized carbons (Fsp3) is 0.429. The van der Waals surface area contributed by atoms with Crippen molar-refractivity contribution in [2.75, 3.05) is 20.8 Å². The number of alkyl halides is 3. The first-order valence-electron chi connectivity index (χ1n) is 6.31. The number of amides is 1. The molecule has 1 aromatic rings. The van der Waals surface area contributed by atoms with Gasteiger partial charge >= 0.3 is 12.1 Å². The lowest BCUT2D eigenvalue weighted by molar-refractivity contribution is -0.173. The molecule has 122 valence electrons. The van der Waals surface area contributed by atoms with Crippen LogP contribution in [0, 0.1) is 0 Å². The molecule has 22 heavy (non-hydrogen) atoms. The molecule has 0 spiro atoms. The third-order valence-corrected chi connectivity index (χ3v) is 2.92. The number of rotatable bonds is 6. The number of methoxy groups -OCH3 is 2. The zero-order valence-corrected chi connectivity index (χ0v) is 12.3. The van der Waals surface area contributed by atoms with Gasteiger partial charge in [0, 0.05) is 6.54 Å². The average molecular weight is 319 g/mol. The van der Waals surface area contributed by atoms with Crippen molar-refractivity contribution in [1.82, 2.24) is 5.32 Å². The quantitative estimate of drug-likeness (QED) is 0.816. The number of hydrogen-bond acceptors (Lipinski definition) is 4. The summed E-state index contributed by atoms with van der Waals surface area (Å²) in [7, 11) is 2.76. The summed E-state index contributed by atoms with van der Waals surface area (Å²) in [6, 6.07) is 2.97. The van der Waals surface area contributed by atoms with E-state index < -0.39 is 12.1 Å². The predicted molar refractivity (Wildman–Crippen MR) is 72.3 cm³/mol. The Labute approximate surface area is 125 Å². The number of nitrogens with one attached hydrogen (secondary N) is 1. The Morgan fingerprint density at radius 2 is 1.73 bits per heavy atom. The largest absolute Gasteiger partial charge is 0.496 e. The second kappa shape index (κ2) is 7.15. The summed E-state index contributed by atoms with van der Waals surface area (Å²) < 4.78 is 46.5. The van der Waals surface area contributed by atoms with Crippen LogP contribution in [0.5, 0.6) is 11.5 Å². The maximum atomic E-state index is 12.1. The summed E-state index contributed by atoms with van der Waals surface area (Å²) in [5.41, 5.74) is 0.828. The molecular formula is C14H16F3NO4. The van der Waals surface area contributed by atoms with Gasteiger partial charge in [0.25, 0.3) is 0 Å². The first kappa shape index (κ1) is 17.8. The molecule has 0 unspecified atom stereocenters. The molecule has 0 saturated heterocycles. The summed E-state index contributed by atoms with van der Waals surface area (Å²) in [6.45, 7) is 1.14. The zero-order chi connectivity index (χ0) is 16.9. The van der Waals surface area contributed by atoms with E-state index in [2.05, 4.69) is 0 Å². The van der Waals surface area contributed by atoms with Gasteiger partial charge < -0.3 is 14.8 Å². The number of benzene rings is 1. The van der Waals surface area contributed by atoms with Crippen LogP contribution < -0.4 is 14.8 Å². The highest BCUT2D eigenvalue weighted by atomic mass is 19.4. The Hall–Kier alpha value is -2.25. The molecule has 0 bridgehead atoms. The third-order valence-electron chi connectivity index (χ3n) is 2.92. The number of ether oxygens (including phenoxy) is 2. The van der Waals surface area contributed by atoms with Crippen LogP contribution in [0.1, 0.15) is 22.8 Å². The predicted octanol–water partition coefficient (Wildman–Crippen LogP) is 2.13. The monoisotopic (exact) mass is 319 g/mol. The molecule has 0 heterocycles. The molecule has 0 aliphatic rings. The van der Waals surface area contributed by atoms with E-state index >= 15 is 0 Å². The van der Waals surface area contributed by atoms with Gasteiger partial charge in [0.2, 0.25) is 0 Å². The molecule has 1 aromatic carbocycles. The van der Waals surface area contributed by atoms with Crippen molar-refractivity contribution < 1.29 is 32.2 Å². The second-order valence-corrected chi connectivity index (χ2v) is 4.42. The molecule has 1 rings (SSSR count). The molecule has 1 amide bonds. The first-order valence-corrected chi connectivity index (χ1v) is 6.31. The van der Waals surface area contributed by atoms with Gasteiger partial charge in [-0.1, -0.05) is 0 Å². The highest BCUT2D eigenvalue weighted by Gasteiger charge is 2.38. The van der Waals surface area contributed by atoms with E-state index in [9.17, 15) is 22.8 Å². The molecule has 8 heteroatoms. The van der Waals surface area contributed by atoms with Crippen molar-refractivity contribution in [3.63, 3.8) is 0 Å². The van der Waals surface area contributed by atoms with Gasteiger partial charge in [0.15, 0.2) is 5.78 Å². The summed E-state index contributed by atoms with van der Waals surface area (Å²) in [4.78, 5) is 22.2. The minimum atomic E-state index is -4.92. The normalized spacial score (nSPS) is 11.0. The standard InChI is InChI=1S/C14H16F3NO4/c1-8(19)10-7-11(21-2)9(6-12(10)22-3)4-5-18-13(20)14(15,16)17/h6-7H,4-5H2,1-3H3,(H,18,20). The van der Waals surface area contributed by atoms with E-state index in [-0.39, 0.29) is 18.7 Å². The molecule has 0 aliphatic heterocycles. The van der Waals surface area contributed by atoms with Crippen molar-refractivity contribution in [2.45, 2.75) is 19.5 Å². The van der Waals surface area contributed by atoms with Gasteiger partial charge in [-0.15, -0.1) is 0 Å². The van der Waals surface area contributed by atoms with Crippen molar-refractivity contribution in [3.05, 3.63) is 23.3 Å². The number of carbonyl (C=O) groups is 2. The first-order chi connectivity index (χ1) is 10.2. The Kier molecular flexibility index (Phi) is 5.78. The minimum Gasteiger partial charge on any atom is -0.496 e. The average Bonchev–Trinajstić information content (AvgIpc) is 2.45. The lowest BCUT2D eigenvalue weighted by Gasteiger charge is -2.14. The number of Topliss-reactive ketones (excluding diaryl/α,β-unsaturated/α-hetero) is 1. The molecule has 0 radical (unpaired) electrons. The van der Waals surface area contributed by atoms with Gasteiger partial charge in [0.05, 0.1) is 19.8 Å². The molecule has 1 N–H and O–H groups in total. The van der Waals surface area contributed by atoms with Crippen LogP contribution in [0.25, 0.3) is 0 Å². The van der Waals surface area contributed by atoms with Crippen molar-refractivity contribution in [1.29, 1.82) is 0 Å². The van der Waals surface area contributed by atoms with Crippen LogP contribution >= 0.6 is 0 Å². The van der Waals surface area contributed by atoms with Gasteiger partial charge in [-0.3, -0.25) is 9.59 Å². The second-order valence-electron chi connectivity index (χ2n) is 4.42. The fourth-order valence-corrected chi connectivity index (χ4v) is 1.84. The molecule has 0 fully saturated rings. The Morgan fingerprint density at radius 1 is 1.14 bits per heavy atom. The number of hydrogen-bond donors (Lipinski definition) is 1. The Morgan fingerprint density at radius 3 is 2.18 bits per heavy atom. The lowest BCUT2D eigenvalue weighted by Crippen LogP contribution is -2.37. The van der Waals surface area contributed by atoms with E-state index in [0.717, 1.165) is 0 Å². The number of carbonyl (C=O) groups excluding carboxylic acids is 2. The highest BCUT2D eigenvalue weighted by molar-refractivity contribution is 5.97. The van der Waals surface area contributed by atoms with E-state index in [1.54, 1.807) is 5.32 Å². The van der Waals surface area contributed by atoms with E-state index in [1.807, 2.05) is 0 Å². The number of ketones is 1. The maximum absolute atomic E-state index is 12.1. The fourth-order valence-electron chi connectivity index (χ4n) is 1.84. The van der Waals surface area contributed by atoms with Crippen molar-refractivity contribution >= 4 is 11.7 Å². The summed E-state index contributed by atoms with van der Waals surface area (Å²) in [6.07, 6.45) is -4.82. The van der Waals surface area contributed by atoms with E-state index in [1.165, 1.54) is 33.3 Å². The van der Waals surface area contributed by atoms with Crippen LogP contribution in [-0.4, -0.2) is 38.6 Å². The van der Waals surface area contributed by atoms with Gasteiger partial charge in [-0.2, -0.15) is 13.2 Å². The van der Waals surface area contributed by atoms with E-state index in [0.29, 0.717) is 22.6 Å². The smallest absolute Gasteiger partial charge is 0.471 e. The van der Waals surface area contributed by atoms with E-state index in [4.69, 9.17) is 9.47 Å². The zero-order valence-electron chi connectivity index (χ0n) is 12.3. The Bertz CT molecular complexity index is 570. The van der Waals surface area contributed by atoms with Gasteiger partial charge in [-0.05, 0) is 31.0 Å². The maximum Gasteiger partial charge on any atom is 0.471 e. The number of halogens is 3. The van der Waals surface area contributed by atoms with Crippen LogP contribution in [-0.2, 0) is 11.2 Å². The summed E-state index contributed by atoms with van der Waals surface area (Å²) >= 11 is 0. The Balaban J connectivity index is 2.91. The molecule has 0 aromatic heterocycles. The minimum absolute atomic E-state index is 0.0968. The van der Waals surface area contributed by atoms with Crippen LogP contribution in [0.3, 0.4) is 0 Å². The van der Waals surface area contributed by atoms with Gasteiger partial charge in [0.1, 0.15) is 11.5 Å². The van der Waals surface area contributed by atoms with Crippen molar-refractivity contribution in [2.24, 2.45) is 0 Å². The van der Waals surface area contributed by atoms with Crippen LogP contribution in [0.2, 0.25) is 0 Å². The highest BCUT2D eigenvalue weighted by Crippen LogP contribution is 2.29. The summed E-state index contributed by atoms with van der Waals surface area (Å²) in [5.74, 6) is -1.59. The molecule has 0 atom stereocenters. The third kappa shape index (κ3) is 4.37. The molecular weight excluding hydrogens is 303 g/mol. The molecule has 0 aliphatic carbocycles. The lowest BCUT2D eigenvalue weighted by atomic mass is 10.0. The SMILES string of the molecule is COc1cc(C(C)=O)c(OC)cc1CCNC(=O)C(F)(F)F. The summed E-state index contributed by atoms with van der Waals surface area (Å²) in [5, 5.41) is 1.77. The topological polar surface area (TPSA) is 64.6 Å². The molecule has 5 nitrogen and oxygen atoms in total. The molecule has 0 saturated carbocycles. The van der Waals surface area contributed by atoms with Crippen molar-refractivity contribution in [3.8, 4) is 11.5 Å². The van der Waals surface area contributed by atoms with Gasteiger partial charge in [-0.25, -0.2) is 0 Å². The van der Waals surface area contributed by atoms with Crippen LogP contribution in [0.4, 0.5) is 13.2 Å². The van der Waals surface area contributed by atoms with Crippen LogP contribution in [0.15, 0.2) is 12.1 Å².